The van der Waals surface area contributed by atoms with Crippen LogP contribution in [-0.4, -0.2) is 19.1 Å². The van der Waals surface area contributed by atoms with E-state index in [2.05, 4.69) is 22.0 Å². The van der Waals surface area contributed by atoms with Gasteiger partial charge >= 0.3 is 0 Å². The normalized spacial score (nSPS) is 18.0. The molecule has 26 heavy (non-hydrogen) atoms. The zero-order chi connectivity index (χ0) is 18.5. The summed E-state index contributed by atoms with van der Waals surface area (Å²) in [5.74, 6) is 0.202. The summed E-state index contributed by atoms with van der Waals surface area (Å²) >= 11 is 0. The van der Waals surface area contributed by atoms with Gasteiger partial charge in [0, 0.05) is 36.5 Å². The number of fused-ring (bicyclic) bond motifs is 1. The summed E-state index contributed by atoms with van der Waals surface area (Å²) in [4.78, 5) is 11.6. The van der Waals surface area contributed by atoms with Gasteiger partial charge in [-0.3, -0.25) is 4.79 Å². The highest BCUT2D eigenvalue weighted by atomic mass is 16.5. The minimum Gasteiger partial charge on any atom is -0.492 e. The molecule has 1 heterocycles. The minimum atomic E-state index is -0.245. The van der Waals surface area contributed by atoms with E-state index >= 15 is 0 Å². The molecule has 134 valence electrons. The van der Waals surface area contributed by atoms with Gasteiger partial charge in [-0.25, -0.2) is 0 Å². The molecule has 0 saturated carbocycles. The van der Waals surface area contributed by atoms with Gasteiger partial charge < -0.3 is 20.7 Å². The zero-order valence-electron chi connectivity index (χ0n) is 14.9. The average molecular weight is 350 g/mol. The summed E-state index contributed by atoms with van der Waals surface area (Å²) in [5, 5.41) is 19.2. The topological polar surface area (TPSA) is 86.2 Å². The van der Waals surface area contributed by atoms with Crippen molar-refractivity contribution in [1.29, 1.82) is 5.26 Å². The summed E-state index contributed by atoms with van der Waals surface area (Å²) in [6.45, 7) is 4.40. The first-order valence-corrected chi connectivity index (χ1v) is 8.65. The molecular weight excluding hydrogens is 328 g/mol. The van der Waals surface area contributed by atoms with E-state index in [1.165, 1.54) is 6.92 Å². The minimum absolute atomic E-state index is 0.168. The van der Waals surface area contributed by atoms with Crippen LogP contribution in [-0.2, 0) is 4.79 Å². The molecular formula is C20H22N4O2. The third-order valence-electron chi connectivity index (χ3n) is 4.27. The van der Waals surface area contributed by atoms with Crippen molar-refractivity contribution >= 4 is 23.0 Å². The molecule has 0 fully saturated rings. The first kappa shape index (κ1) is 17.6. The number of rotatable bonds is 5. The Hall–Kier alpha value is -3.20. The molecule has 3 N–H and O–H groups in total. The van der Waals surface area contributed by atoms with E-state index in [0.717, 1.165) is 16.9 Å². The van der Waals surface area contributed by atoms with Crippen molar-refractivity contribution < 1.29 is 9.53 Å². The number of nitriles is 1. The fourth-order valence-corrected chi connectivity index (χ4v) is 3.14. The van der Waals surface area contributed by atoms with E-state index in [9.17, 15) is 10.1 Å². The summed E-state index contributed by atoms with van der Waals surface area (Å²) in [7, 11) is 0. The van der Waals surface area contributed by atoms with Crippen molar-refractivity contribution in [2.24, 2.45) is 5.92 Å². The number of anilines is 3. The van der Waals surface area contributed by atoms with Crippen LogP contribution in [0.3, 0.4) is 0 Å². The second kappa shape index (κ2) is 7.79. The highest BCUT2D eigenvalue weighted by Gasteiger charge is 2.31. The Morgan fingerprint density at radius 3 is 2.77 bits per heavy atom. The van der Waals surface area contributed by atoms with Crippen molar-refractivity contribution in [3.05, 3.63) is 48.0 Å². The molecule has 2 aromatic rings. The summed E-state index contributed by atoms with van der Waals surface area (Å²) in [6, 6.07) is 15.7. The van der Waals surface area contributed by atoms with Crippen molar-refractivity contribution in [2.45, 2.75) is 19.9 Å². The standard InChI is InChI=1S/C20H22N4O2/c1-3-26-19-10-17-16(9-18(19)23-13(2)25)20(14(11-21)12-22-17)24-15-7-5-4-6-8-15/h4-10,14,20,22,24H,3,12H2,1-2H3,(H,23,25). The van der Waals surface area contributed by atoms with E-state index in [4.69, 9.17) is 4.74 Å². The maximum Gasteiger partial charge on any atom is 0.221 e. The van der Waals surface area contributed by atoms with Crippen LogP contribution in [0.5, 0.6) is 5.75 Å². The monoisotopic (exact) mass is 350 g/mol. The van der Waals surface area contributed by atoms with Crippen molar-refractivity contribution in [2.75, 3.05) is 29.1 Å². The van der Waals surface area contributed by atoms with E-state index in [1.54, 1.807) is 0 Å². The number of nitrogens with one attached hydrogen (secondary N) is 3. The van der Waals surface area contributed by atoms with E-state index in [-0.39, 0.29) is 17.9 Å². The molecule has 1 aliphatic rings. The second-order valence-corrected chi connectivity index (χ2v) is 6.15. The Morgan fingerprint density at radius 2 is 2.12 bits per heavy atom. The quantitative estimate of drug-likeness (QED) is 0.764. The van der Waals surface area contributed by atoms with E-state index in [1.807, 2.05) is 49.4 Å². The molecule has 3 rings (SSSR count). The Bertz CT molecular complexity index is 830. The molecule has 1 amide bonds. The van der Waals surface area contributed by atoms with Gasteiger partial charge in [-0.15, -0.1) is 0 Å². The third kappa shape index (κ3) is 3.72. The highest BCUT2D eigenvalue weighted by molar-refractivity contribution is 5.91. The van der Waals surface area contributed by atoms with Crippen LogP contribution in [0.4, 0.5) is 17.1 Å². The zero-order valence-corrected chi connectivity index (χ0v) is 14.9. The molecule has 1 aliphatic heterocycles. The Labute approximate surface area is 153 Å². The Balaban J connectivity index is 2.03. The summed E-state index contributed by atoms with van der Waals surface area (Å²) < 4.78 is 5.67. The van der Waals surface area contributed by atoms with E-state index in [0.29, 0.717) is 24.6 Å². The van der Waals surface area contributed by atoms with Crippen LogP contribution in [0, 0.1) is 17.2 Å². The van der Waals surface area contributed by atoms with Gasteiger partial charge in [0.15, 0.2) is 0 Å². The Kier molecular flexibility index (Phi) is 5.28. The lowest BCUT2D eigenvalue weighted by atomic mass is 9.88. The SMILES string of the molecule is CCOc1cc2c(cc1NC(C)=O)C(Nc1ccccc1)C(C#N)CN2. The van der Waals surface area contributed by atoms with Crippen molar-refractivity contribution in [3.63, 3.8) is 0 Å². The van der Waals surface area contributed by atoms with Gasteiger partial charge in [0.25, 0.3) is 0 Å². The number of hydrogen-bond acceptors (Lipinski definition) is 5. The molecule has 6 nitrogen and oxygen atoms in total. The smallest absolute Gasteiger partial charge is 0.221 e. The van der Waals surface area contributed by atoms with Crippen LogP contribution in [0.25, 0.3) is 0 Å². The van der Waals surface area contributed by atoms with Gasteiger partial charge in [-0.05, 0) is 25.1 Å². The van der Waals surface area contributed by atoms with Gasteiger partial charge in [0.2, 0.25) is 5.91 Å². The summed E-state index contributed by atoms with van der Waals surface area (Å²) in [6.07, 6.45) is 0. The maximum absolute atomic E-state index is 11.6. The molecule has 0 radical (unpaired) electrons. The molecule has 0 aromatic heterocycles. The first-order chi connectivity index (χ1) is 12.6. The molecule has 0 bridgehead atoms. The number of ether oxygens (including phenoxy) is 1. The molecule has 2 unspecified atom stereocenters. The van der Waals surface area contributed by atoms with Gasteiger partial charge in [0.1, 0.15) is 5.75 Å². The Morgan fingerprint density at radius 1 is 1.35 bits per heavy atom. The van der Waals surface area contributed by atoms with Crippen LogP contribution in [0.2, 0.25) is 0 Å². The molecule has 6 heteroatoms. The molecule has 2 aromatic carbocycles. The number of carbonyl (C=O) groups is 1. The first-order valence-electron chi connectivity index (χ1n) is 8.65. The van der Waals surface area contributed by atoms with Crippen LogP contribution in [0.15, 0.2) is 42.5 Å². The number of nitrogens with zero attached hydrogens (tertiary/aromatic N) is 1. The molecule has 0 aliphatic carbocycles. The van der Waals surface area contributed by atoms with E-state index < -0.39 is 0 Å². The lowest BCUT2D eigenvalue weighted by molar-refractivity contribution is -0.114. The predicted octanol–water partition coefficient (Wildman–Crippen LogP) is 3.76. The number of benzene rings is 2. The lowest BCUT2D eigenvalue weighted by Crippen LogP contribution is -2.31. The number of para-hydroxylation sites is 1. The van der Waals surface area contributed by atoms with Crippen LogP contribution in [0.1, 0.15) is 25.5 Å². The predicted molar refractivity (Wildman–Crippen MR) is 102 cm³/mol. The fraction of sp³-hybridized carbons (Fsp3) is 0.300. The molecule has 2 atom stereocenters. The molecule has 0 saturated heterocycles. The average Bonchev–Trinajstić information content (AvgIpc) is 2.63. The van der Waals surface area contributed by atoms with Gasteiger partial charge in [-0.2, -0.15) is 5.26 Å². The number of amides is 1. The van der Waals surface area contributed by atoms with Crippen LogP contribution < -0.4 is 20.7 Å². The van der Waals surface area contributed by atoms with Crippen LogP contribution >= 0.6 is 0 Å². The second-order valence-electron chi connectivity index (χ2n) is 6.15. The van der Waals surface area contributed by atoms with Gasteiger partial charge in [-0.1, -0.05) is 18.2 Å². The summed E-state index contributed by atoms with van der Waals surface area (Å²) in [5.41, 5.74) is 3.39. The van der Waals surface area contributed by atoms with Crippen molar-refractivity contribution in [1.82, 2.24) is 0 Å². The molecule has 0 spiro atoms. The maximum atomic E-state index is 11.6. The third-order valence-corrected chi connectivity index (χ3v) is 4.27. The lowest BCUT2D eigenvalue weighted by Gasteiger charge is -2.33. The van der Waals surface area contributed by atoms with Gasteiger partial charge in [0.05, 0.1) is 30.3 Å². The fourth-order valence-electron chi connectivity index (χ4n) is 3.14. The largest absolute Gasteiger partial charge is 0.492 e. The highest BCUT2D eigenvalue weighted by Crippen LogP contribution is 2.41. The number of carbonyl (C=O) groups excluding carboxylic acids is 1. The number of hydrogen-bond donors (Lipinski definition) is 3. The van der Waals surface area contributed by atoms with Crippen molar-refractivity contribution in [3.8, 4) is 11.8 Å².